The normalized spacial score (nSPS) is 12.8. The number of hydrogen-bond acceptors (Lipinski definition) is 3. The van der Waals surface area contributed by atoms with Crippen LogP contribution in [-0.2, 0) is 11.3 Å². The third-order valence-electron chi connectivity index (χ3n) is 4.13. The van der Waals surface area contributed by atoms with Gasteiger partial charge < -0.3 is 14.6 Å². The molecular formula is C19H17F4N3O2. The van der Waals surface area contributed by atoms with E-state index in [-0.39, 0.29) is 18.1 Å². The lowest BCUT2D eigenvalue weighted by Crippen LogP contribution is -2.28. The van der Waals surface area contributed by atoms with Crippen molar-refractivity contribution in [3.8, 4) is 5.75 Å². The van der Waals surface area contributed by atoms with Gasteiger partial charge in [-0.15, -0.1) is 13.2 Å². The first-order valence-electron chi connectivity index (χ1n) is 8.47. The standard InChI is InChI=1S/C19H17F4N3O2/c1-12(16-5-4-15(11-24-16)28-19(21,22)23)25-18(27)7-9-26-8-6-13-2-3-14(20)10-17(13)26/h2-6,8,10-12H,7,9H2,1H3,(H,25,27). The molecule has 1 unspecified atom stereocenters. The highest BCUT2D eigenvalue weighted by atomic mass is 19.4. The van der Waals surface area contributed by atoms with Gasteiger partial charge >= 0.3 is 6.36 Å². The van der Waals surface area contributed by atoms with E-state index in [9.17, 15) is 22.4 Å². The van der Waals surface area contributed by atoms with Crippen LogP contribution in [0.4, 0.5) is 17.6 Å². The number of pyridine rings is 1. The van der Waals surface area contributed by atoms with Gasteiger partial charge in [-0.25, -0.2) is 4.39 Å². The van der Waals surface area contributed by atoms with E-state index in [1.165, 1.54) is 18.2 Å². The molecular weight excluding hydrogens is 378 g/mol. The van der Waals surface area contributed by atoms with Crippen LogP contribution in [0.3, 0.4) is 0 Å². The second-order valence-electron chi connectivity index (χ2n) is 6.22. The van der Waals surface area contributed by atoms with E-state index in [0.717, 1.165) is 17.6 Å². The summed E-state index contributed by atoms with van der Waals surface area (Å²) >= 11 is 0. The maximum Gasteiger partial charge on any atom is 0.573 e. The molecule has 28 heavy (non-hydrogen) atoms. The van der Waals surface area contributed by atoms with Gasteiger partial charge in [0, 0.05) is 19.2 Å². The van der Waals surface area contributed by atoms with E-state index in [2.05, 4.69) is 15.0 Å². The number of hydrogen-bond donors (Lipinski definition) is 1. The predicted molar refractivity (Wildman–Crippen MR) is 94.0 cm³/mol. The van der Waals surface area contributed by atoms with Crippen molar-refractivity contribution in [2.24, 2.45) is 0 Å². The van der Waals surface area contributed by atoms with Crippen molar-refractivity contribution in [2.75, 3.05) is 0 Å². The number of aryl methyl sites for hydroxylation is 1. The number of amides is 1. The first-order chi connectivity index (χ1) is 13.2. The van der Waals surface area contributed by atoms with Crippen LogP contribution in [0.25, 0.3) is 10.9 Å². The van der Waals surface area contributed by atoms with Crippen LogP contribution in [0.2, 0.25) is 0 Å². The van der Waals surface area contributed by atoms with E-state index in [0.29, 0.717) is 17.8 Å². The topological polar surface area (TPSA) is 56.2 Å². The molecule has 2 aromatic heterocycles. The fraction of sp³-hybridized carbons (Fsp3) is 0.263. The van der Waals surface area contributed by atoms with Gasteiger partial charge in [-0.2, -0.15) is 0 Å². The molecule has 0 bridgehead atoms. The molecule has 148 valence electrons. The zero-order valence-electron chi connectivity index (χ0n) is 14.8. The number of nitrogens with one attached hydrogen (secondary N) is 1. The first kappa shape index (κ1) is 19.7. The highest BCUT2D eigenvalue weighted by Gasteiger charge is 2.31. The summed E-state index contributed by atoms with van der Waals surface area (Å²) in [6, 6.07) is 8.29. The molecule has 0 aliphatic heterocycles. The van der Waals surface area contributed by atoms with Crippen LogP contribution < -0.4 is 10.1 Å². The fourth-order valence-electron chi connectivity index (χ4n) is 2.80. The van der Waals surface area contributed by atoms with Crippen molar-refractivity contribution in [3.05, 3.63) is 60.3 Å². The Balaban J connectivity index is 1.56. The summed E-state index contributed by atoms with van der Waals surface area (Å²) in [5.74, 6) is -1.04. The van der Waals surface area contributed by atoms with Crippen molar-refractivity contribution < 1.29 is 27.1 Å². The Kier molecular flexibility index (Phi) is 5.53. The number of ether oxygens (including phenoxy) is 1. The number of carbonyl (C=O) groups excluding carboxylic acids is 1. The molecule has 1 amide bonds. The molecule has 3 rings (SSSR count). The number of benzene rings is 1. The minimum absolute atomic E-state index is 0.153. The molecule has 1 aromatic carbocycles. The lowest BCUT2D eigenvalue weighted by molar-refractivity contribution is -0.274. The number of aromatic nitrogens is 2. The van der Waals surface area contributed by atoms with E-state index in [4.69, 9.17) is 0 Å². The third kappa shape index (κ3) is 4.99. The Morgan fingerprint density at radius 1 is 1.25 bits per heavy atom. The smallest absolute Gasteiger partial charge is 0.404 e. The lowest BCUT2D eigenvalue weighted by Gasteiger charge is -2.15. The number of carbonyl (C=O) groups is 1. The maximum absolute atomic E-state index is 13.4. The van der Waals surface area contributed by atoms with E-state index in [1.54, 1.807) is 23.8 Å². The average Bonchev–Trinajstić information content (AvgIpc) is 3.01. The predicted octanol–water partition coefficient (Wildman–Crippen LogP) is 4.34. The van der Waals surface area contributed by atoms with Gasteiger partial charge in [0.05, 0.1) is 23.4 Å². The van der Waals surface area contributed by atoms with Crippen LogP contribution in [0.15, 0.2) is 48.8 Å². The van der Waals surface area contributed by atoms with Gasteiger partial charge in [0.1, 0.15) is 11.6 Å². The fourth-order valence-corrected chi connectivity index (χ4v) is 2.80. The number of alkyl halides is 3. The van der Waals surface area contributed by atoms with Gasteiger partial charge in [0.25, 0.3) is 0 Å². The lowest BCUT2D eigenvalue weighted by atomic mass is 10.2. The number of nitrogens with zero attached hydrogens (tertiary/aromatic N) is 2. The summed E-state index contributed by atoms with van der Waals surface area (Å²) in [6.07, 6.45) is -1.90. The van der Waals surface area contributed by atoms with Crippen molar-refractivity contribution >= 4 is 16.8 Å². The van der Waals surface area contributed by atoms with Crippen LogP contribution in [0, 0.1) is 5.82 Å². The van der Waals surface area contributed by atoms with Crippen molar-refractivity contribution in [1.29, 1.82) is 0 Å². The first-order valence-corrected chi connectivity index (χ1v) is 8.47. The minimum Gasteiger partial charge on any atom is -0.404 e. The van der Waals surface area contributed by atoms with Crippen LogP contribution in [0.5, 0.6) is 5.75 Å². The number of halogens is 4. The molecule has 0 radical (unpaired) electrons. The molecule has 3 aromatic rings. The molecule has 0 aliphatic carbocycles. The number of rotatable bonds is 6. The zero-order chi connectivity index (χ0) is 20.3. The Morgan fingerprint density at radius 2 is 2.04 bits per heavy atom. The van der Waals surface area contributed by atoms with Crippen LogP contribution >= 0.6 is 0 Å². The molecule has 5 nitrogen and oxygen atoms in total. The largest absolute Gasteiger partial charge is 0.573 e. The summed E-state index contributed by atoms with van der Waals surface area (Å²) in [7, 11) is 0. The molecule has 1 atom stereocenters. The van der Waals surface area contributed by atoms with Crippen molar-refractivity contribution in [1.82, 2.24) is 14.9 Å². The maximum atomic E-state index is 13.4. The van der Waals surface area contributed by atoms with Crippen LogP contribution in [-0.4, -0.2) is 21.8 Å². The molecule has 0 spiro atoms. The Morgan fingerprint density at radius 3 is 2.71 bits per heavy atom. The molecule has 1 N–H and O–H groups in total. The molecule has 0 saturated carbocycles. The van der Waals surface area contributed by atoms with E-state index >= 15 is 0 Å². The summed E-state index contributed by atoms with van der Waals surface area (Å²) < 4.78 is 55.4. The highest BCUT2D eigenvalue weighted by molar-refractivity contribution is 5.81. The van der Waals surface area contributed by atoms with Gasteiger partial charge in [0.15, 0.2) is 0 Å². The monoisotopic (exact) mass is 395 g/mol. The molecule has 0 aliphatic rings. The second kappa shape index (κ2) is 7.87. The number of fused-ring (bicyclic) bond motifs is 1. The Labute approximate surface area is 157 Å². The quantitative estimate of drug-likeness (QED) is 0.632. The summed E-state index contributed by atoms with van der Waals surface area (Å²) in [6.45, 7) is 2.03. The SMILES string of the molecule is CC(NC(=O)CCn1ccc2ccc(F)cc21)c1ccc(OC(F)(F)F)cn1. The molecule has 2 heterocycles. The second-order valence-corrected chi connectivity index (χ2v) is 6.22. The van der Waals surface area contributed by atoms with Crippen LogP contribution in [0.1, 0.15) is 25.1 Å². The van der Waals surface area contributed by atoms with Crippen molar-refractivity contribution in [3.63, 3.8) is 0 Å². The molecule has 9 heteroatoms. The van der Waals surface area contributed by atoms with Gasteiger partial charge in [-0.1, -0.05) is 0 Å². The van der Waals surface area contributed by atoms with E-state index in [1.807, 2.05) is 6.07 Å². The molecule has 0 fully saturated rings. The highest BCUT2D eigenvalue weighted by Crippen LogP contribution is 2.23. The van der Waals surface area contributed by atoms with Gasteiger partial charge in [0.2, 0.25) is 5.91 Å². The van der Waals surface area contributed by atoms with Crippen molar-refractivity contribution in [2.45, 2.75) is 32.3 Å². The summed E-state index contributed by atoms with van der Waals surface area (Å²) in [4.78, 5) is 16.1. The summed E-state index contributed by atoms with van der Waals surface area (Å²) in [5.41, 5.74) is 1.10. The van der Waals surface area contributed by atoms with E-state index < -0.39 is 18.2 Å². The zero-order valence-corrected chi connectivity index (χ0v) is 14.8. The Hall–Kier alpha value is -3.10. The Bertz CT molecular complexity index is 967. The minimum atomic E-state index is -4.78. The summed E-state index contributed by atoms with van der Waals surface area (Å²) in [5, 5.41) is 3.61. The third-order valence-corrected chi connectivity index (χ3v) is 4.13. The molecule has 0 saturated heterocycles. The average molecular weight is 395 g/mol. The van der Waals surface area contributed by atoms with Gasteiger partial charge in [-0.3, -0.25) is 9.78 Å². The van der Waals surface area contributed by atoms with Gasteiger partial charge in [-0.05, 0) is 48.7 Å².